The zero-order valence-electron chi connectivity index (χ0n) is 11.6. The highest BCUT2D eigenvalue weighted by atomic mass is 16.1. The molecule has 104 valence electrons. The van der Waals surface area contributed by atoms with Crippen molar-refractivity contribution >= 4 is 16.7 Å². The van der Waals surface area contributed by atoms with Crippen LogP contribution in [0.15, 0.2) is 67.0 Å². The predicted molar refractivity (Wildman–Crippen MR) is 84.2 cm³/mol. The van der Waals surface area contributed by atoms with Gasteiger partial charge in [-0.25, -0.2) is 0 Å². The summed E-state index contributed by atoms with van der Waals surface area (Å²) in [6, 6.07) is 17.7. The molecule has 0 fully saturated rings. The van der Waals surface area contributed by atoms with Crippen LogP contribution in [0.25, 0.3) is 10.8 Å². The van der Waals surface area contributed by atoms with Gasteiger partial charge in [-0.3, -0.25) is 9.78 Å². The molecule has 3 heteroatoms. The molecule has 3 aromatic rings. The number of carbonyl (C=O) groups is 1. The number of rotatable bonds is 4. The number of benzene rings is 2. The number of nitrogens with zero attached hydrogens (tertiary/aromatic N) is 1. The van der Waals surface area contributed by atoms with Crippen molar-refractivity contribution in [2.45, 2.75) is 6.42 Å². The Balaban J connectivity index is 1.64. The van der Waals surface area contributed by atoms with E-state index in [-0.39, 0.29) is 5.91 Å². The maximum absolute atomic E-state index is 12.2. The fourth-order valence-corrected chi connectivity index (χ4v) is 2.29. The van der Waals surface area contributed by atoms with Crippen LogP contribution in [0.3, 0.4) is 0 Å². The van der Waals surface area contributed by atoms with Gasteiger partial charge in [0.2, 0.25) is 0 Å². The highest BCUT2D eigenvalue weighted by Crippen LogP contribution is 2.14. The molecule has 0 unspecified atom stereocenters. The maximum Gasteiger partial charge on any atom is 0.251 e. The molecule has 0 atom stereocenters. The van der Waals surface area contributed by atoms with Crippen molar-refractivity contribution < 1.29 is 4.79 Å². The van der Waals surface area contributed by atoms with E-state index in [0.717, 1.165) is 17.2 Å². The lowest BCUT2D eigenvalue weighted by molar-refractivity contribution is 0.0954. The standard InChI is InChI=1S/C18H16N2O/c21-18(20-11-8-14-4-2-1-3-5-14)16-6-7-17-13-19-10-9-15(17)12-16/h1-7,9-10,12-13H,8,11H2,(H,20,21). The highest BCUT2D eigenvalue weighted by molar-refractivity contribution is 5.98. The summed E-state index contributed by atoms with van der Waals surface area (Å²) in [6.45, 7) is 0.636. The van der Waals surface area contributed by atoms with Gasteiger partial charge in [0.05, 0.1) is 0 Å². The molecular formula is C18H16N2O. The van der Waals surface area contributed by atoms with E-state index in [2.05, 4.69) is 22.4 Å². The van der Waals surface area contributed by atoms with Crippen LogP contribution in [0.5, 0.6) is 0 Å². The number of aromatic nitrogens is 1. The Morgan fingerprint density at radius 3 is 2.71 bits per heavy atom. The second-order valence-corrected chi connectivity index (χ2v) is 4.93. The molecule has 3 nitrogen and oxygen atoms in total. The van der Waals surface area contributed by atoms with E-state index in [1.54, 1.807) is 12.4 Å². The first-order valence-corrected chi connectivity index (χ1v) is 6.99. The van der Waals surface area contributed by atoms with E-state index in [4.69, 9.17) is 0 Å². The molecule has 1 aromatic heterocycles. The molecule has 0 aliphatic rings. The third-order valence-corrected chi connectivity index (χ3v) is 3.44. The third kappa shape index (κ3) is 3.26. The first-order valence-electron chi connectivity index (χ1n) is 6.99. The van der Waals surface area contributed by atoms with Crippen molar-refractivity contribution in [1.82, 2.24) is 10.3 Å². The average Bonchev–Trinajstić information content (AvgIpc) is 2.55. The van der Waals surface area contributed by atoms with Crippen molar-refractivity contribution in [2.75, 3.05) is 6.54 Å². The van der Waals surface area contributed by atoms with E-state index < -0.39 is 0 Å². The number of pyridine rings is 1. The number of fused-ring (bicyclic) bond motifs is 1. The van der Waals surface area contributed by atoms with Gasteiger partial charge in [0, 0.05) is 29.9 Å². The lowest BCUT2D eigenvalue weighted by atomic mass is 10.1. The molecule has 1 N–H and O–H groups in total. The molecule has 0 aliphatic carbocycles. The van der Waals surface area contributed by atoms with E-state index in [9.17, 15) is 4.79 Å². The van der Waals surface area contributed by atoms with Crippen molar-refractivity contribution in [3.8, 4) is 0 Å². The van der Waals surface area contributed by atoms with Crippen LogP contribution in [0.2, 0.25) is 0 Å². The largest absolute Gasteiger partial charge is 0.352 e. The van der Waals surface area contributed by atoms with Gasteiger partial charge in [0.25, 0.3) is 5.91 Å². The van der Waals surface area contributed by atoms with Crippen LogP contribution in [-0.2, 0) is 6.42 Å². The minimum absolute atomic E-state index is 0.0374. The van der Waals surface area contributed by atoms with E-state index in [1.807, 2.05) is 42.5 Å². The van der Waals surface area contributed by atoms with Crippen LogP contribution in [0.4, 0.5) is 0 Å². The SMILES string of the molecule is O=C(NCCc1ccccc1)c1ccc2cnccc2c1. The van der Waals surface area contributed by atoms with Gasteiger partial charge in [-0.05, 0) is 35.6 Å². The van der Waals surface area contributed by atoms with Gasteiger partial charge < -0.3 is 5.32 Å². The number of amides is 1. The summed E-state index contributed by atoms with van der Waals surface area (Å²) in [4.78, 5) is 16.2. The molecule has 2 aromatic carbocycles. The van der Waals surface area contributed by atoms with Gasteiger partial charge in [-0.1, -0.05) is 36.4 Å². The Kier molecular flexibility index (Phi) is 3.92. The zero-order valence-corrected chi connectivity index (χ0v) is 11.6. The minimum atomic E-state index is -0.0374. The molecule has 0 spiro atoms. The summed E-state index contributed by atoms with van der Waals surface area (Å²) in [7, 11) is 0. The van der Waals surface area contributed by atoms with Gasteiger partial charge >= 0.3 is 0 Å². The minimum Gasteiger partial charge on any atom is -0.352 e. The number of carbonyl (C=O) groups excluding carboxylic acids is 1. The summed E-state index contributed by atoms with van der Waals surface area (Å²) in [5.41, 5.74) is 1.91. The molecule has 0 saturated heterocycles. The third-order valence-electron chi connectivity index (χ3n) is 3.44. The molecule has 0 bridgehead atoms. The molecule has 0 aliphatic heterocycles. The Bertz CT molecular complexity index is 753. The first-order chi connectivity index (χ1) is 10.3. The number of hydrogen-bond donors (Lipinski definition) is 1. The molecule has 3 rings (SSSR count). The van der Waals surface area contributed by atoms with Crippen molar-refractivity contribution in [3.63, 3.8) is 0 Å². The van der Waals surface area contributed by atoms with Crippen LogP contribution in [-0.4, -0.2) is 17.4 Å². The molecule has 0 saturated carbocycles. The Labute approximate surface area is 123 Å². The lowest BCUT2D eigenvalue weighted by Crippen LogP contribution is -2.25. The van der Waals surface area contributed by atoms with Crippen molar-refractivity contribution in [2.24, 2.45) is 0 Å². The Morgan fingerprint density at radius 1 is 1.00 bits per heavy atom. The van der Waals surface area contributed by atoms with Crippen LogP contribution >= 0.6 is 0 Å². The Hall–Kier alpha value is -2.68. The van der Waals surface area contributed by atoms with Gasteiger partial charge in [-0.2, -0.15) is 0 Å². The lowest BCUT2D eigenvalue weighted by Gasteiger charge is -2.06. The Morgan fingerprint density at radius 2 is 1.86 bits per heavy atom. The molecular weight excluding hydrogens is 260 g/mol. The summed E-state index contributed by atoms with van der Waals surface area (Å²) >= 11 is 0. The second-order valence-electron chi connectivity index (χ2n) is 4.93. The highest BCUT2D eigenvalue weighted by Gasteiger charge is 2.05. The van der Waals surface area contributed by atoms with E-state index in [1.165, 1.54) is 5.56 Å². The van der Waals surface area contributed by atoms with Crippen LogP contribution in [0.1, 0.15) is 15.9 Å². The molecule has 21 heavy (non-hydrogen) atoms. The van der Waals surface area contributed by atoms with Gasteiger partial charge in [0.15, 0.2) is 0 Å². The fourth-order valence-electron chi connectivity index (χ4n) is 2.29. The quantitative estimate of drug-likeness (QED) is 0.795. The number of nitrogens with one attached hydrogen (secondary N) is 1. The van der Waals surface area contributed by atoms with Crippen LogP contribution in [0, 0.1) is 0 Å². The average molecular weight is 276 g/mol. The fraction of sp³-hybridized carbons (Fsp3) is 0.111. The molecule has 1 heterocycles. The summed E-state index contributed by atoms with van der Waals surface area (Å²) in [5.74, 6) is -0.0374. The first kappa shape index (κ1) is 13.3. The summed E-state index contributed by atoms with van der Waals surface area (Å²) in [5, 5.41) is 5.03. The topological polar surface area (TPSA) is 42.0 Å². The van der Waals surface area contributed by atoms with Gasteiger partial charge in [0.1, 0.15) is 0 Å². The van der Waals surface area contributed by atoms with Gasteiger partial charge in [-0.15, -0.1) is 0 Å². The predicted octanol–water partition coefficient (Wildman–Crippen LogP) is 3.21. The maximum atomic E-state index is 12.2. The van der Waals surface area contributed by atoms with Crippen molar-refractivity contribution in [1.29, 1.82) is 0 Å². The van der Waals surface area contributed by atoms with Crippen molar-refractivity contribution in [3.05, 3.63) is 78.1 Å². The molecule has 1 amide bonds. The smallest absolute Gasteiger partial charge is 0.251 e. The van der Waals surface area contributed by atoms with Crippen LogP contribution < -0.4 is 5.32 Å². The summed E-state index contributed by atoms with van der Waals surface area (Å²) < 4.78 is 0. The monoisotopic (exact) mass is 276 g/mol. The molecule has 0 radical (unpaired) electrons. The normalized spacial score (nSPS) is 10.5. The van der Waals surface area contributed by atoms with E-state index in [0.29, 0.717) is 12.1 Å². The van der Waals surface area contributed by atoms with E-state index >= 15 is 0 Å². The summed E-state index contributed by atoms with van der Waals surface area (Å²) in [6.07, 6.45) is 4.37. The second kappa shape index (κ2) is 6.18. The number of hydrogen-bond acceptors (Lipinski definition) is 2. The zero-order chi connectivity index (χ0) is 14.5.